The summed E-state index contributed by atoms with van der Waals surface area (Å²) in [7, 11) is -6.00. The van der Waals surface area contributed by atoms with Crippen molar-refractivity contribution in [2.24, 2.45) is 0 Å². The van der Waals surface area contributed by atoms with Gasteiger partial charge in [-0.3, -0.25) is 0 Å². The highest BCUT2D eigenvalue weighted by Crippen LogP contribution is 2.45. The summed E-state index contributed by atoms with van der Waals surface area (Å²) in [5, 5.41) is 2.38. The number of carbonyl (C=O) groups excluding carboxylic acids is 1. The molecule has 0 fully saturated rings. The Kier molecular flexibility index (Phi) is 10.4. The van der Waals surface area contributed by atoms with Gasteiger partial charge in [0.25, 0.3) is 0 Å². The van der Waals surface area contributed by atoms with Crippen molar-refractivity contribution in [2.45, 2.75) is 45.3 Å². The average molecular weight is 520 g/mol. The molecule has 0 aromatic heterocycles. The van der Waals surface area contributed by atoms with Crippen LogP contribution in [0.15, 0.2) is 110 Å². The number of carbonyl (C=O) groups is 1. The summed E-state index contributed by atoms with van der Waals surface area (Å²) >= 11 is 1.87. The van der Waals surface area contributed by atoms with Crippen LogP contribution < -0.4 is 0 Å². The average Bonchev–Trinajstić information content (AvgIpc) is 2.84. The molecule has 0 spiro atoms. The molecule has 3 aromatic rings. The summed E-state index contributed by atoms with van der Waals surface area (Å²) in [5.41, 5.74) is 0.618. The largest absolute Gasteiger partial charge is 0.673 e. The normalized spacial score (nSPS) is 12.9. The number of unbranched alkanes of at least 4 members (excludes halogenated alkanes) is 3. The van der Waals surface area contributed by atoms with Gasteiger partial charge in [0.1, 0.15) is 5.41 Å². The van der Waals surface area contributed by atoms with Gasteiger partial charge in [0.2, 0.25) is 0 Å². The molecule has 0 unspecified atom stereocenters. The van der Waals surface area contributed by atoms with Gasteiger partial charge < -0.3 is 22.0 Å². The number of hydrogen-bond acceptors (Lipinski definition) is 3. The number of allylic oxidation sites excluding steroid dienone is 1. The molecule has 0 saturated carbocycles. The molecule has 1 heterocycles. The fourth-order valence-corrected chi connectivity index (χ4v) is 6.88. The summed E-state index contributed by atoms with van der Waals surface area (Å²) in [6.07, 6.45) is 6.44. The molecule has 184 valence electrons. The van der Waals surface area contributed by atoms with Gasteiger partial charge in [0.05, 0.1) is 32.9 Å². The van der Waals surface area contributed by atoms with Crippen LogP contribution in [-0.4, -0.2) is 19.8 Å². The Morgan fingerprint density at radius 1 is 0.800 bits per heavy atom. The number of fused-ring (bicyclic) bond motifs is 2. The minimum Gasteiger partial charge on any atom is -0.462 e. The van der Waals surface area contributed by atoms with Crippen molar-refractivity contribution >= 4 is 35.9 Å². The van der Waals surface area contributed by atoms with E-state index in [4.69, 9.17) is 4.74 Å². The smallest absolute Gasteiger partial charge is 0.462 e. The minimum absolute atomic E-state index is 0.00149. The van der Waals surface area contributed by atoms with Crippen molar-refractivity contribution in [1.82, 2.24) is 0 Å². The molecule has 0 bridgehead atoms. The van der Waals surface area contributed by atoms with Crippen LogP contribution >= 0.6 is 11.8 Å². The Bertz CT molecular complexity index is 1070. The van der Waals surface area contributed by atoms with Crippen molar-refractivity contribution in [1.29, 1.82) is 0 Å². The van der Waals surface area contributed by atoms with Crippen LogP contribution in [-0.2, 0) is 15.6 Å². The molecule has 0 N–H and O–H groups in total. The Morgan fingerprint density at radius 3 is 1.94 bits per heavy atom. The first-order valence-electron chi connectivity index (χ1n) is 11.2. The zero-order valence-corrected chi connectivity index (χ0v) is 20.6. The topological polar surface area (TPSA) is 26.3 Å². The molecule has 35 heavy (non-hydrogen) atoms. The van der Waals surface area contributed by atoms with E-state index < -0.39 is 7.25 Å². The number of halogens is 4. The lowest BCUT2D eigenvalue weighted by Gasteiger charge is -2.16. The Morgan fingerprint density at radius 2 is 1.34 bits per heavy atom. The highest BCUT2D eigenvalue weighted by molar-refractivity contribution is 8.05. The van der Waals surface area contributed by atoms with Crippen molar-refractivity contribution < 1.29 is 26.8 Å². The van der Waals surface area contributed by atoms with Gasteiger partial charge in [0.15, 0.2) is 9.79 Å². The molecule has 3 aromatic carbocycles. The van der Waals surface area contributed by atoms with E-state index in [0.717, 1.165) is 25.7 Å². The van der Waals surface area contributed by atoms with E-state index >= 15 is 0 Å². The van der Waals surface area contributed by atoms with Gasteiger partial charge in [-0.05, 0) is 68.2 Å². The van der Waals surface area contributed by atoms with Gasteiger partial charge >= 0.3 is 13.2 Å². The minimum atomic E-state index is -6.00. The van der Waals surface area contributed by atoms with Crippen LogP contribution in [0.1, 0.15) is 36.0 Å². The monoisotopic (exact) mass is 520 g/mol. The lowest BCUT2D eigenvalue weighted by molar-refractivity contribution is 0.0498. The van der Waals surface area contributed by atoms with Gasteiger partial charge in [-0.2, -0.15) is 0 Å². The van der Waals surface area contributed by atoms with E-state index in [0.29, 0.717) is 12.2 Å². The van der Waals surface area contributed by atoms with Crippen molar-refractivity contribution in [3.05, 3.63) is 95.9 Å². The highest BCUT2D eigenvalue weighted by Gasteiger charge is 2.33. The maximum atomic E-state index is 11.9. The van der Waals surface area contributed by atoms with Gasteiger partial charge in [-0.1, -0.05) is 54.2 Å². The second-order valence-corrected chi connectivity index (χ2v) is 10.5. The van der Waals surface area contributed by atoms with E-state index in [1.807, 2.05) is 30.0 Å². The van der Waals surface area contributed by atoms with Gasteiger partial charge in [-0.25, -0.2) is 4.79 Å². The zero-order valence-electron chi connectivity index (χ0n) is 18.9. The Hall–Kier alpha value is -2.65. The van der Waals surface area contributed by atoms with E-state index in [2.05, 4.69) is 60.0 Å². The summed E-state index contributed by atoms with van der Waals surface area (Å²) in [5.74, 6) is -0.232. The van der Waals surface area contributed by atoms with Crippen molar-refractivity contribution in [3.63, 3.8) is 0 Å². The fourth-order valence-electron chi connectivity index (χ4n) is 3.34. The van der Waals surface area contributed by atoms with E-state index in [1.165, 1.54) is 19.6 Å². The lowest BCUT2D eigenvalue weighted by atomic mass is 10.2. The van der Waals surface area contributed by atoms with Crippen LogP contribution in [0.5, 0.6) is 0 Å². The molecule has 2 nitrogen and oxygen atoms in total. The van der Waals surface area contributed by atoms with Crippen molar-refractivity contribution in [2.75, 3.05) is 6.61 Å². The molecule has 9 heteroatoms. The van der Waals surface area contributed by atoms with Crippen LogP contribution in [0.4, 0.5) is 17.3 Å². The molecule has 0 amide bonds. The molecule has 1 aliphatic rings. The first-order valence-corrected chi connectivity index (χ1v) is 13.3. The number of benzene rings is 3. The molecule has 0 radical (unpaired) electrons. The van der Waals surface area contributed by atoms with Gasteiger partial charge in [0, 0.05) is 0 Å². The van der Waals surface area contributed by atoms with Gasteiger partial charge in [-0.15, -0.1) is 0 Å². The summed E-state index contributed by atoms with van der Waals surface area (Å²) in [6.45, 7) is 0.486. The SMILES string of the molecule is F[B-](F)(F)F.O=C(OCCCCCC=C[S+]1c2ccccc2Sc2ccccc21)c1ccccc1. The molecule has 4 rings (SSSR count). The third-order valence-electron chi connectivity index (χ3n) is 4.88. The van der Waals surface area contributed by atoms with Crippen LogP contribution in [0.2, 0.25) is 0 Å². The van der Waals surface area contributed by atoms with E-state index in [-0.39, 0.29) is 16.9 Å². The first-order chi connectivity index (χ1) is 16.8. The van der Waals surface area contributed by atoms with Crippen molar-refractivity contribution in [3.8, 4) is 0 Å². The summed E-state index contributed by atoms with van der Waals surface area (Å²) in [6, 6.07) is 26.6. The maximum Gasteiger partial charge on any atom is 0.673 e. The number of esters is 1. The Labute approximate surface area is 210 Å². The lowest BCUT2D eigenvalue weighted by Crippen LogP contribution is -2.07. The number of rotatable bonds is 8. The second-order valence-electron chi connectivity index (χ2n) is 7.55. The Balaban J connectivity index is 0.000000623. The van der Waals surface area contributed by atoms with E-state index in [1.54, 1.807) is 12.1 Å². The molecule has 0 aliphatic carbocycles. The fraction of sp³-hybridized carbons (Fsp3) is 0.192. The standard InChI is InChI=1S/C26H25O2S2.BF4/c27-26(21-13-5-4-6-14-21)28-19-11-2-1-3-12-20-30-24-17-9-7-15-22(24)29-23-16-8-10-18-25(23)30;2-1(3,4)5/h4-10,12-18,20H,1-3,11,19H2;/q+1;-1. The van der Waals surface area contributed by atoms with Crippen LogP contribution in [0, 0.1) is 0 Å². The summed E-state index contributed by atoms with van der Waals surface area (Å²) in [4.78, 5) is 17.5. The molecule has 0 saturated heterocycles. The molecule has 1 aliphatic heterocycles. The predicted molar refractivity (Wildman–Crippen MR) is 135 cm³/mol. The molecular weight excluding hydrogens is 495 g/mol. The maximum absolute atomic E-state index is 11.9. The number of hydrogen-bond donors (Lipinski definition) is 0. The van der Waals surface area contributed by atoms with E-state index in [9.17, 15) is 22.1 Å². The second kappa shape index (κ2) is 13.4. The van der Waals surface area contributed by atoms with Crippen LogP contribution in [0.3, 0.4) is 0 Å². The zero-order chi connectivity index (χ0) is 25.1. The molecule has 0 atom stereocenters. The third kappa shape index (κ3) is 9.15. The highest BCUT2D eigenvalue weighted by atomic mass is 32.2. The third-order valence-corrected chi connectivity index (χ3v) is 8.42. The van der Waals surface area contributed by atoms with Crippen LogP contribution in [0.25, 0.3) is 0 Å². The quantitative estimate of drug-likeness (QED) is 0.0981. The summed E-state index contributed by atoms with van der Waals surface area (Å²) < 4.78 is 44.4. The predicted octanol–water partition coefficient (Wildman–Crippen LogP) is 8.42. The first kappa shape index (κ1) is 27.0. The number of ether oxygens (including phenoxy) is 1. The molecular formula is C26H25BF4O2S2.